The first-order chi connectivity index (χ1) is 7.07. The van der Waals surface area contributed by atoms with Gasteiger partial charge in [0, 0.05) is 12.2 Å². The SMILES string of the molecule is Cc1cccc(O)c1C(O)C(O)CCO. The van der Waals surface area contributed by atoms with E-state index in [1.807, 2.05) is 0 Å². The number of aromatic hydroxyl groups is 1. The summed E-state index contributed by atoms with van der Waals surface area (Å²) in [6.45, 7) is 1.54. The standard InChI is InChI=1S/C11H16O4/c1-7-3-2-4-8(13)10(7)11(15)9(14)5-6-12/h2-4,9,11-15H,5-6H2,1H3. The summed E-state index contributed by atoms with van der Waals surface area (Å²) in [4.78, 5) is 0. The van der Waals surface area contributed by atoms with Gasteiger partial charge in [-0.1, -0.05) is 12.1 Å². The van der Waals surface area contributed by atoms with Crippen LogP contribution in [0.3, 0.4) is 0 Å². The van der Waals surface area contributed by atoms with Crippen LogP contribution < -0.4 is 0 Å². The molecule has 0 aromatic heterocycles. The molecule has 0 amide bonds. The normalized spacial score (nSPS) is 14.9. The highest BCUT2D eigenvalue weighted by Gasteiger charge is 2.22. The Morgan fingerprint density at radius 2 is 1.93 bits per heavy atom. The highest BCUT2D eigenvalue weighted by atomic mass is 16.3. The molecule has 4 nitrogen and oxygen atoms in total. The molecule has 0 spiro atoms. The lowest BCUT2D eigenvalue weighted by Gasteiger charge is -2.20. The predicted molar refractivity (Wildman–Crippen MR) is 55.5 cm³/mol. The molecule has 0 fully saturated rings. The summed E-state index contributed by atoms with van der Waals surface area (Å²) in [5.74, 6) is -0.0421. The van der Waals surface area contributed by atoms with Crippen LogP contribution in [-0.4, -0.2) is 33.1 Å². The van der Waals surface area contributed by atoms with Gasteiger partial charge in [-0.15, -0.1) is 0 Å². The first-order valence-electron chi connectivity index (χ1n) is 4.83. The molecule has 4 N–H and O–H groups in total. The van der Waals surface area contributed by atoms with E-state index in [-0.39, 0.29) is 18.8 Å². The maximum atomic E-state index is 9.76. The van der Waals surface area contributed by atoms with Gasteiger partial charge in [-0.25, -0.2) is 0 Å². The van der Waals surface area contributed by atoms with Gasteiger partial charge in [0.15, 0.2) is 0 Å². The Balaban J connectivity index is 2.94. The van der Waals surface area contributed by atoms with Crippen LogP contribution in [0.5, 0.6) is 5.75 Å². The van der Waals surface area contributed by atoms with Crippen molar-refractivity contribution < 1.29 is 20.4 Å². The molecule has 15 heavy (non-hydrogen) atoms. The molecule has 1 aromatic rings. The third-order valence-corrected chi connectivity index (χ3v) is 2.39. The number of aryl methyl sites for hydroxylation is 1. The van der Waals surface area contributed by atoms with Crippen LogP contribution in [0.25, 0.3) is 0 Å². The summed E-state index contributed by atoms with van der Waals surface area (Å²) in [6, 6.07) is 4.86. The zero-order valence-electron chi connectivity index (χ0n) is 8.59. The molecule has 0 heterocycles. The molecule has 84 valence electrons. The Labute approximate surface area is 88.4 Å². The maximum absolute atomic E-state index is 9.76. The second-order valence-electron chi connectivity index (χ2n) is 3.53. The van der Waals surface area contributed by atoms with E-state index in [0.717, 1.165) is 0 Å². The maximum Gasteiger partial charge on any atom is 0.121 e. The summed E-state index contributed by atoms with van der Waals surface area (Å²) in [7, 11) is 0. The van der Waals surface area contributed by atoms with Gasteiger partial charge in [0.25, 0.3) is 0 Å². The quantitative estimate of drug-likeness (QED) is 0.585. The average molecular weight is 212 g/mol. The van der Waals surface area contributed by atoms with Crippen molar-refractivity contribution in [3.05, 3.63) is 29.3 Å². The molecule has 0 saturated carbocycles. The fraction of sp³-hybridized carbons (Fsp3) is 0.455. The number of hydrogen-bond acceptors (Lipinski definition) is 4. The van der Waals surface area contributed by atoms with E-state index in [2.05, 4.69) is 0 Å². The van der Waals surface area contributed by atoms with Gasteiger partial charge in [-0.2, -0.15) is 0 Å². The fourth-order valence-corrected chi connectivity index (χ4v) is 1.53. The van der Waals surface area contributed by atoms with Crippen LogP contribution in [-0.2, 0) is 0 Å². The third kappa shape index (κ3) is 2.68. The van der Waals surface area contributed by atoms with Crippen LogP contribution in [0, 0.1) is 6.92 Å². The van der Waals surface area contributed by atoms with Crippen LogP contribution in [0.4, 0.5) is 0 Å². The molecule has 1 rings (SSSR count). The van der Waals surface area contributed by atoms with Gasteiger partial charge >= 0.3 is 0 Å². The van der Waals surface area contributed by atoms with Gasteiger partial charge < -0.3 is 20.4 Å². The molecule has 0 radical (unpaired) electrons. The Bertz CT molecular complexity index is 304. The highest BCUT2D eigenvalue weighted by molar-refractivity contribution is 5.40. The summed E-state index contributed by atoms with van der Waals surface area (Å²) < 4.78 is 0. The van der Waals surface area contributed by atoms with Crippen molar-refractivity contribution in [1.82, 2.24) is 0 Å². The lowest BCUT2D eigenvalue weighted by Crippen LogP contribution is -2.20. The zero-order valence-corrected chi connectivity index (χ0v) is 8.59. The Morgan fingerprint density at radius 3 is 2.47 bits per heavy atom. The van der Waals surface area contributed by atoms with Crippen molar-refractivity contribution in [3.8, 4) is 5.75 Å². The second kappa shape index (κ2) is 5.11. The minimum atomic E-state index is -1.17. The summed E-state index contributed by atoms with van der Waals surface area (Å²) in [5.41, 5.74) is 1.03. The molecule has 0 aliphatic carbocycles. The van der Waals surface area contributed by atoms with E-state index in [1.54, 1.807) is 19.1 Å². The van der Waals surface area contributed by atoms with Crippen LogP contribution in [0.1, 0.15) is 23.7 Å². The zero-order chi connectivity index (χ0) is 11.4. The van der Waals surface area contributed by atoms with E-state index in [0.29, 0.717) is 11.1 Å². The monoisotopic (exact) mass is 212 g/mol. The van der Waals surface area contributed by atoms with E-state index in [4.69, 9.17) is 5.11 Å². The van der Waals surface area contributed by atoms with Gasteiger partial charge in [-0.3, -0.25) is 0 Å². The first kappa shape index (κ1) is 12.0. The van der Waals surface area contributed by atoms with Crippen molar-refractivity contribution in [3.63, 3.8) is 0 Å². The Morgan fingerprint density at radius 1 is 1.27 bits per heavy atom. The van der Waals surface area contributed by atoms with Crippen LogP contribution >= 0.6 is 0 Å². The number of aliphatic hydroxyl groups is 3. The van der Waals surface area contributed by atoms with Gasteiger partial charge in [-0.05, 0) is 25.0 Å². The molecule has 2 atom stereocenters. The second-order valence-corrected chi connectivity index (χ2v) is 3.53. The smallest absolute Gasteiger partial charge is 0.121 e. The summed E-state index contributed by atoms with van der Waals surface area (Å²) in [5, 5.41) is 37.4. The van der Waals surface area contributed by atoms with Gasteiger partial charge in [0.05, 0.1) is 6.10 Å². The number of benzene rings is 1. The molecular formula is C11H16O4. The number of phenols is 1. The van der Waals surface area contributed by atoms with E-state index in [9.17, 15) is 15.3 Å². The number of aliphatic hydroxyl groups excluding tert-OH is 3. The lowest BCUT2D eigenvalue weighted by atomic mass is 9.97. The summed E-state index contributed by atoms with van der Waals surface area (Å²) >= 11 is 0. The van der Waals surface area contributed by atoms with Crippen molar-refractivity contribution in [2.45, 2.75) is 25.6 Å². The largest absolute Gasteiger partial charge is 0.508 e. The fourth-order valence-electron chi connectivity index (χ4n) is 1.53. The van der Waals surface area contributed by atoms with Gasteiger partial charge in [0.2, 0.25) is 0 Å². The Hall–Kier alpha value is -1.10. The van der Waals surface area contributed by atoms with E-state index >= 15 is 0 Å². The lowest BCUT2D eigenvalue weighted by molar-refractivity contribution is 0.00270. The topological polar surface area (TPSA) is 80.9 Å². The first-order valence-corrected chi connectivity index (χ1v) is 4.83. The number of rotatable bonds is 4. The number of phenolic OH excluding ortho intramolecular Hbond substituents is 1. The molecule has 2 unspecified atom stereocenters. The van der Waals surface area contributed by atoms with Crippen molar-refractivity contribution in [2.24, 2.45) is 0 Å². The Kier molecular flexibility index (Phi) is 4.08. The minimum Gasteiger partial charge on any atom is -0.508 e. The average Bonchev–Trinajstić information content (AvgIpc) is 2.17. The highest BCUT2D eigenvalue weighted by Crippen LogP contribution is 2.30. The predicted octanol–water partition coefficient (Wildman–Crippen LogP) is 0.477. The van der Waals surface area contributed by atoms with E-state index < -0.39 is 12.2 Å². The van der Waals surface area contributed by atoms with Crippen molar-refractivity contribution in [2.75, 3.05) is 6.61 Å². The molecular weight excluding hydrogens is 196 g/mol. The van der Waals surface area contributed by atoms with Gasteiger partial charge in [0.1, 0.15) is 11.9 Å². The van der Waals surface area contributed by atoms with Crippen LogP contribution in [0.2, 0.25) is 0 Å². The van der Waals surface area contributed by atoms with Crippen molar-refractivity contribution in [1.29, 1.82) is 0 Å². The molecule has 0 aliphatic rings. The van der Waals surface area contributed by atoms with E-state index in [1.165, 1.54) is 6.07 Å². The van der Waals surface area contributed by atoms with Crippen molar-refractivity contribution >= 4 is 0 Å². The molecule has 0 bridgehead atoms. The molecule has 4 heteroatoms. The number of hydrogen-bond donors (Lipinski definition) is 4. The molecule has 1 aromatic carbocycles. The molecule has 0 aliphatic heterocycles. The minimum absolute atomic E-state index is 0.0421. The molecule has 0 saturated heterocycles. The third-order valence-electron chi connectivity index (χ3n) is 2.39. The van der Waals surface area contributed by atoms with Crippen LogP contribution in [0.15, 0.2) is 18.2 Å². The summed E-state index contributed by atoms with van der Waals surface area (Å²) in [6.07, 6.45) is -2.16.